The van der Waals surface area contributed by atoms with Crippen LogP contribution in [0.2, 0.25) is 0 Å². The lowest BCUT2D eigenvalue weighted by atomic mass is 10.3. The van der Waals surface area contributed by atoms with Crippen LogP contribution >= 0.6 is 0 Å². The average molecular weight is 174 g/mol. The zero-order valence-corrected chi connectivity index (χ0v) is 8.68. The van der Waals surface area contributed by atoms with E-state index in [2.05, 4.69) is 19.2 Å². The van der Waals surface area contributed by atoms with Crippen molar-refractivity contribution in [3.8, 4) is 0 Å². The number of rotatable bonds is 3. The van der Waals surface area contributed by atoms with Crippen LogP contribution in [0.4, 0.5) is 0 Å². The van der Waals surface area contributed by atoms with E-state index in [-0.39, 0.29) is 11.9 Å². The molecule has 0 saturated heterocycles. The molecular formula is C9H22N2O. The Morgan fingerprint density at radius 1 is 1.42 bits per heavy atom. The normalized spacial score (nSPS) is 11.1. The molecule has 0 rings (SSSR count). The van der Waals surface area contributed by atoms with Crippen LogP contribution in [0.25, 0.3) is 0 Å². The van der Waals surface area contributed by atoms with Crippen molar-refractivity contribution in [1.29, 1.82) is 0 Å². The monoisotopic (exact) mass is 174 g/mol. The standard InChI is InChI=1S/C6H14N2O.C3H8/c1-3-4-8-6(9)5(2)7;1-3-2/h5H,3-4,7H2,1-2H3,(H,8,9);3H2,1-2H3/t5-;/m0./s1. The summed E-state index contributed by atoms with van der Waals surface area (Å²) in [7, 11) is 0. The molecule has 0 aliphatic rings. The van der Waals surface area contributed by atoms with E-state index in [1.54, 1.807) is 6.92 Å². The maximum Gasteiger partial charge on any atom is 0.236 e. The molecule has 0 bridgehead atoms. The van der Waals surface area contributed by atoms with Crippen LogP contribution in [0.3, 0.4) is 0 Å². The molecule has 0 radical (unpaired) electrons. The molecule has 1 amide bonds. The van der Waals surface area contributed by atoms with E-state index in [1.165, 1.54) is 6.42 Å². The molecule has 3 N–H and O–H groups in total. The number of carbonyl (C=O) groups excluding carboxylic acids is 1. The molecule has 0 heterocycles. The first-order valence-corrected chi connectivity index (χ1v) is 4.63. The first-order valence-electron chi connectivity index (χ1n) is 4.63. The van der Waals surface area contributed by atoms with E-state index in [4.69, 9.17) is 5.73 Å². The smallest absolute Gasteiger partial charge is 0.236 e. The van der Waals surface area contributed by atoms with Crippen LogP contribution < -0.4 is 11.1 Å². The first kappa shape index (κ1) is 14.0. The maximum atomic E-state index is 10.7. The molecule has 0 unspecified atom stereocenters. The van der Waals surface area contributed by atoms with Crippen LogP contribution in [0, 0.1) is 0 Å². The van der Waals surface area contributed by atoms with E-state index in [1.807, 2.05) is 6.92 Å². The van der Waals surface area contributed by atoms with E-state index >= 15 is 0 Å². The minimum Gasteiger partial charge on any atom is -0.355 e. The third kappa shape index (κ3) is 12.1. The predicted octanol–water partition coefficient (Wildman–Crippen LogP) is 1.28. The van der Waals surface area contributed by atoms with Gasteiger partial charge < -0.3 is 11.1 Å². The molecule has 0 aliphatic heterocycles. The van der Waals surface area contributed by atoms with E-state index in [9.17, 15) is 4.79 Å². The fraction of sp³-hybridized carbons (Fsp3) is 0.889. The molecule has 3 heteroatoms. The van der Waals surface area contributed by atoms with Gasteiger partial charge in [0.1, 0.15) is 0 Å². The van der Waals surface area contributed by atoms with Crippen LogP contribution in [0.5, 0.6) is 0 Å². The van der Waals surface area contributed by atoms with Crippen LogP contribution in [-0.2, 0) is 4.79 Å². The van der Waals surface area contributed by atoms with Crippen molar-refractivity contribution in [2.45, 2.75) is 46.6 Å². The minimum absolute atomic E-state index is 0.0724. The highest BCUT2D eigenvalue weighted by Gasteiger charge is 2.03. The molecular weight excluding hydrogens is 152 g/mol. The quantitative estimate of drug-likeness (QED) is 0.677. The van der Waals surface area contributed by atoms with Crippen molar-refractivity contribution in [2.75, 3.05) is 6.54 Å². The highest BCUT2D eigenvalue weighted by molar-refractivity contribution is 5.80. The second-order valence-corrected chi connectivity index (χ2v) is 2.79. The van der Waals surface area contributed by atoms with Crippen molar-refractivity contribution in [1.82, 2.24) is 5.32 Å². The van der Waals surface area contributed by atoms with Crippen molar-refractivity contribution in [2.24, 2.45) is 5.73 Å². The molecule has 0 aromatic rings. The van der Waals surface area contributed by atoms with Gasteiger partial charge in [-0.1, -0.05) is 27.2 Å². The SMILES string of the molecule is CCC.CCCNC(=O)[C@H](C)N. The summed E-state index contributed by atoms with van der Waals surface area (Å²) in [6, 6.07) is -0.378. The molecule has 0 spiro atoms. The van der Waals surface area contributed by atoms with E-state index in [0.717, 1.165) is 13.0 Å². The Morgan fingerprint density at radius 3 is 2.08 bits per heavy atom. The zero-order valence-electron chi connectivity index (χ0n) is 8.68. The molecule has 0 aromatic heterocycles. The van der Waals surface area contributed by atoms with Gasteiger partial charge in [-0.3, -0.25) is 4.79 Å². The summed E-state index contributed by atoms with van der Waals surface area (Å²) in [6.07, 6.45) is 2.21. The molecule has 0 aromatic carbocycles. The summed E-state index contributed by atoms with van der Waals surface area (Å²) in [5.41, 5.74) is 5.26. The Labute approximate surface area is 75.7 Å². The summed E-state index contributed by atoms with van der Waals surface area (Å²) in [5.74, 6) is -0.0724. The molecule has 74 valence electrons. The van der Waals surface area contributed by atoms with E-state index < -0.39 is 0 Å². The number of nitrogens with one attached hydrogen (secondary N) is 1. The molecule has 0 aliphatic carbocycles. The number of carbonyl (C=O) groups is 1. The highest BCUT2D eigenvalue weighted by atomic mass is 16.2. The van der Waals surface area contributed by atoms with Gasteiger partial charge in [0, 0.05) is 6.54 Å². The Hall–Kier alpha value is -0.570. The van der Waals surface area contributed by atoms with Gasteiger partial charge in [-0.2, -0.15) is 0 Å². The largest absolute Gasteiger partial charge is 0.355 e. The van der Waals surface area contributed by atoms with Crippen LogP contribution in [0.1, 0.15) is 40.5 Å². The van der Waals surface area contributed by atoms with Crippen molar-refractivity contribution in [3.05, 3.63) is 0 Å². The Kier molecular flexibility index (Phi) is 12.2. The molecule has 0 fully saturated rings. The minimum atomic E-state index is -0.378. The number of hydrogen-bond acceptors (Lipinski definition) is 2. The maximum absolute atomic E-state index is 10.7. The summed E-state index contributed by atoms with van der Waals surface area (Å²) in [6.45, 7) is 8.65. The number of hydrogen-bond donors (Lipinski definition) is 2. The van der Waals surface area contributed by atoms with Gasteiger partial charge in [0.15, 0.2) is 0 Å². The van der Waals surface area contributed by atoms with Crippen molar-refractivity contribution < 1.29 is 4.79 Å². The Balaban J connectivity index is 0. The lowest BCUT2D eigenvalue weighted by Crippen LogP contribution is -2.38. The third-order valence-electron chi connectivity index (χ3n) is 0.963. The van der Waals surface area contributed by atoms with Gasteiger partial charge in [-0.25, -0.2) is 0 Å². The lowest BCUT2D eigenvalue weighted by molar-refractivity contribution is -0.121. The topological polar surface area (TPSA) is 55.1 Å². The third-order valence-corrected chi connectivity index (χ3v) is 0.963. The fourth-order valence-electron chi connectivity index (χ4n) is 0.409. The van der Waals surface area contributed by atoms with Crippen LogP contribution in [0.15, 0.2) is 0 Å². The van der Waals surface area contributed by atoms with Crippen molar-refractivity contribution >= 4 is 5.91 Å². The van der Waals surface area contributed by atoms with Gasteiger partial charge in [-0.15, -0.1) is 0 Å². The Morgan fingerprint density at radius 2 is 1.83 bits per heavy atom. The number of amides is 1. The van der Waals surface area contributed by atoms with Gasteiger partial charge >= 0.3 is 0 Å². The summed E-state index contributed by atoms with van der Waals surface area (Å²) < 4.78 is 0. The molecule has 0 saturated carbocycles. The lowest BCUT2D eigenvalue weighted by Gasteiger charge is -2.04. The van der Waals surface area contributed by atoms with Crippen LogP contribution in [-0.4, -0.2) is 18.5 Å². The summed E-state index contributed by atoms with van der Waals surface area (Å²) in [4.78, 5) is 10.7. The first-order chi connectivity index (χ1) is 5.59. The molecule has 3 nitrogen and oxygen atoms in total. The highest BCUT2D eigenvalue weighted by Crippen LogP contribution is 1.75. The van der Waals surface area contributed by atoms with Gasteiger partial charge in [0.2, 0.25) is 5.91 Å². The molecule has 1 atom stereocenters. The zero-order chi connectivity index (χ0) is 9.98. The number of nitrogens with two attached hydrogens (primary N) is 1. The van der Waals surface area contributed by atoms with Gasteiger partial charge in [0.05, 0.1) is 6.04 Å². The summed E-state index contributed by atoms with van der Waals surface area (Å²) in [5, 5.41) is 2.67. The summed E-state index contributed by atoms with van der Waals surface area (Å²) >= 11 is 0. The Bertz CT molecular complexity index is 103. The van der Waals surface area contributed by atoms with Gasteiger partial charge in [-0.05, 0) is 13.3 Å². The van der Waals surface area contributed by atoms with Gasteiger partial charge in [0.25, 0.3) is 0 Å². The van der Waals surface area contributed by atoms with E-state index in [0.29, 0.717) is 0 Å². The average Bonchev–Trinajstić information content (AvgIpc) is 2.01. The predicted molar refractivity (Wildman–Crippen MR) is 52.9 cm³/mol. The molecule has 12 heavy (non-hydrogen) atoms. The second kappa shape index (κ2) is 10.4. The fourth-order valence-corrected chi connectivity index (χ4v) is 0.409. The second-order valence-electron chi connectivity index (χ2n) is 2.79. The van der Waals surface area contributed by atoms with Crippen molar-refractivity contribution in [3.63, 3.8) is 0 Å².